The number of nitrogens with zero attached hydrogens (tertiary/aromatic N) is 2. The SMILES string of the molecule is CC(C)NS(=O)(=O)c1ccc(Cl)c(C(=O)N(CC#N)Cc2ccccc2)c1. The van der Waals surface area contributed by atoms with Crippen LogP contribution in [0.4, 0.5) is 0 Å². The molecule has 27 heavy (non-hydrogen) atoms. The Morgan fingerprint density at radius 3 is 2.48 bits per heavy atom. The van der Waals surface area contributed by atoms with Crippen LogP contribution in [0.2, 0.25) is 5.02 Å². The molecule has 0 saturated heterocycles. The Balaban J connectivity index is 2.38. The first kappa shape index (κ1) is 20.9. The number of sulfonamides is 1. The Hall–Kier alpha value is -2.40. The van der Waals surface area contributed by atoms with E-state index in [1.807, 2.05) is 36.4 Å². The molecule has 0 radical (unpaired) electrons. The summed E-state index contributed by atoms with van der Waals surface area (Å²) in [6, 6.07) is 14.8. The summed E-state index contributed by atoms with van der Waals surface area (Å²) >= 11 is 6.15. The summed E-state index contributed by atoms with van der Waals surface area (Å²) < 4.78 is 27.2. The molecule has 0 heterocycles. The third-order valence-electron chi connectivity index (χ3n) is 3.63. The molecule has 0 aliphatic rings. The van der Waals surface area contributed by atoms with E-state index in [9.17, 15) is 13.2 Å². The molecule has 0 aromatic heterocycles. The van der Waals surface area contributed by atoms with E-state index < -0.39 is 15.9 Å². The number of nitriles is 1. The van der Waals surface area contributed by atoms with Crippen molar-refractivity contribution in [3.05, 3.63) is 64.7 Å². The van der Waals surface area contributed by atoms with Crippen molar-refractivity contribution in [1.29, 1.82) is 5.26 Å². The fraction of sp³-hybridized carbons (Fsp3) is 0.263. The molecule has 0 aliphatic heterocycles. The third-order valence-corrected chi connectivity index (χ3v) is 5.62. The quantitative estimate of drug-likeness (QED) is 0.716. The average Bonchev–Trinajstić information content (AvgIpc) is 2.61. The lowest BCUT2D eigenvalue weighted by molar-refractivity contribution is 0.0765. The number of rotatable bonds is 7. The van der Waals surface area contributed by atoms with Crippen LogP contribution in [0, 0.1) is 11.3 Å². The minimum Gasteiger partial charge on any atom is -0.321 e. The molecule has 0 fully saturated rings. The summed E-state index contributed by atoms with van der Waals surface area (Å²) in [4.78, 5) is 14.2. The van der Waals surface area contributed by atoms with Gasteiger partial charge in [0.15, 0.2) is 0 Å². The van der Waals surface area contributed by atoms with Gasteiger partial charge < -0.3 is 4.90 Å². The lowest BCUT2D eigenvalue weighted by Gasteiger charge is -2.21. The van der Waals surface area contributed by atoms with Gasteiger partial charge in [0.2, 0.25) is 10.0 Å². The van der Waals surface area contributed by atoms with Crippen molar-refractivity contribution in [2.75, 3.05) is 6.54 Å². The number of halogens is 1. The van der Waals surface area contributed by atoms with Gasteiger partial charge in [0.25, 0.3) is 5.91 Å². The molecule has 6 nitrogen and oxygen atoms in total. The smallest absolute Gasteiger partial charge is 0.256 e. The summed E-state index contributed by atoms with van der Waals surface area (Å²) in [5.74, 6) is -0.507. The van der Waals surface area contributed by atoms with Crippen molar-refractivity contribution in [3.8, 4) is 6.07 Å². The second kappa shape index (κ2) is 9.00. The first-order valence-electron chi connectivity index (χ1n) is 8.26. The molecule has 0 aliphatic carbocycles. The minimum absolute atomic E-state index is 0.0366. The monoisotopic (exact) mass is 405 g/mol. The van der Waals surface area contributed by atoms with Gasteiger partial charge in [0.05, 0.1) is 21.6 Å². The molecular formula is C19H20ClN3O3S. The summed E-state index contributed by atoms with van der Waals surface area (Å²) in [7, 11) is -3.77. The number of nitrogens with one attached hydrogen (secondary N) is 1. The minimum atomic E-state index is -3.77. The molecule has 0 atom stereocenters. The molecular weight excluding hydrogens is 386 g/mol. The Morgan fingerprint density at radius 2 is 1.89 bits per heavy atom. The van der Waals surface area contributed by atoms with Gasteiger partial charge in [0.1, 0.15) is 6.54 Å². The van der Waals surface area contributed by atoms with Crippen LogP contribution >= 0.6 is 11.6 Å². The van der Waals surface area contributed by atoms with Crippen LogP contribution in [-0.4, -0.2) is 31.8 Å². The van der Waals surface area contributed by atoms with Gasteiger partial charge in [-0.3, -0.25) is 4.79 Å². The van der Waals surface area contributed by atoms with Gasteiger partial charge in [-0.15, -0.1) is 0 Å². The van der Waals surface area contributed by atoms with Crippen LogP contribution < -0.4 is 4.72 Å². The highest BCUT2D eigenvalue weighted by molar-refractivity contribution is 7.89. The highest BCUT2D eigenvalue weighted by Gasteiger charge is 2.23. The van der Waals surface area contributed by atoms with Crippen LogP contribution in [0.1, 0.15) is 29.8 Å². The van der Waals surface area contributed by atoms with E-state index in [1.54, 1.807) is 13.8 Å². The van der Waals surface area contributed by atoms with Crippen LogP contribution in [-0.2, 0) is 16.6 Å². The van der Waals surface area contributed by atoms with Crippen molar-refractivity contribution >= 4 is 27.5 Å². The fourth-order valence-corrected chi connectivity index (χ4v) is 3.95. The number of hydrogen-bond donors (Lipinski definition) is 1. The van der Waals surface area contributed by atoms with Crippen molar-refractivity contribution in [1.82, 2.24) is 9.62 Å². The predicted octanol–water partition coefficient (Wildman–Crippen LogP) is 3.19. The van der Waals surface area contributed by atoms with E-state index in [1.165, 1.54) is 23.1 Å². The highest BCUT2D eigenvalue weighted by atomic mass is 35.5. The van der Waals surface area contributed by atoms with Crippen molar-refractivity contribution in [2.45, 2.75) is 31.3 Å². The largest absolute Gasteiger partial charge is 0.321 e. The molecule has 0 unspecified atom stereocenters. The summed E-state index contributed by atoms with van der Waals surface area (Å²) in [6.45, 7) is 3.47. The van der Waals surface area contributed by atoms with Crippen molar-refractivity contribution in [3.63, 3.8) is 0 Å². The topological polar surface area (TPSA) is 90.3 Å². The van der Waals surface area contributed by atoms with E-state index >= 15 is 0 Å². The Kier molecular flexibility index (Phi) is 6.97. The van der Waals surface area contributed by atoms with E-state index in [0.29, 0.717) is 0 Å². The standard InChI is InChI=1S/C19H20ClN3O3S/c1-14(2)22-27(25,26)16-8-9-18(20)17(12-16)19(24)23(11-10-21)13-15-6-4-3-5-7-15/h3-9,12,14,22H,11,13H2,1-2H3. The molecule has 2 aromatic rings. The Bertz CT molecular complexity index is 954. The number of hydrogen-bond acceptors (Lipinski definition) is 4. The Labute approximate surface area is 164 Å². The third kappa shape index (κ3) is 5.54. The molecule has 0 saturated carbocycles. The molecule has 142 valence electrons. The fourth-order valence-electron chi connectivity index (χ4n) is 2.47. The second-order valence-corrected chi connectivity index (χ2v) is 8.34. The van der Waals surface area contributed by atoms with E-state index in [4.69, 9.17) is 16.9 Å². The van der Waals surface area contributed by atoms with Crippen molar-refractivity contribution < 1.29 is 13.2 Å². The van der Waals surface area contributed by atoms with Gasteiger partial charge in [-0.1, -0.05) is 41.9 Å². The maximum atomic E-state index is 12.9. The van der Waals surface area contributed by atoms with Gasteiger partial charge >= 0.3 is 0 Å². The van der Waals surface area contributed by atoms with Gasteiger partial charge in [-0.2, -0.15) is 5.26 Å². The van der Waals surface area contributed by atoms with Crippen molar-refractivity contribution in [2.24, 2.45) is 0 Å². The number of amides is 1. The molecule has 2 rings (SSSR count). The molecule has 2 aromatic carbocycles. The summed E-state index contributed by atoms with van der Waals surface area (Å²) in [5.41, 5.74) is 0.886. The summed E-state index contributed by atoms with van der Waals surface area (Å²) in [6.07, 6.45) is 0. The maximum absolute atomic E-state index is 12.9. The number of benzene rings is 2. The predicted molar refractivity (Wildman–Crippen MR) is 104 cm³/mol. The van der Waals surface area contributed by atoms with Crippen LogP contribution in [0.3, 0.4) is 0 Å². The van der Waals surface area contributed by atoms with Gasteiger partial charge in [0, 0.05) is 12.6 Å². The van der Waals surface area contributed by atoms with Gasteiger partial charge in [-0.05, 0) is 37.6 Å². The zero-order valence-corrected chi connectivity index (χ0v) is 16.6. The van der Waals surface area contributed by atoms with E-state index in [-0.39, 0.29) is 34.6 Å². The average molecular weight is 406 g/mol. The second-order valence-electron chi connectivity index (χ2n) is 6.22. The normalized spacial score (nSPS) is 11.2. The zero-order chi connectivity index (χ0) is 20.0. The first-order valence-corrected chi connectivity index (χ1v) is 10.1. The molecule has 0 bridgehead atoms. The van der Waals surface area contributed by atoms with Gasteiger partial charge in [-0.25, -0.2) is 13.1 Å². The molecule has 1 N–H and O–H groups in total. The van der Waals surface area contributed by atoms with Crippen LogP contribution in [0.5, 0.6) is 0 Å². The molecule has 0 spiro atoms. The highest BCUT2D eigenvalue weighted by Crippen LogP contribution is 2.23. The van der Waals surface area contributed by atoms with E-state index in [0.717, 1.165) is 5.56 Å². The summed E-state index contributed by atoms with van der Waals surface area (Å²) in [5, 5.41) is 9.20. The number of carbonyl (C=O) groups excluding carboxylic acids is 1. The lowest BCUT2D eigenvalue weighted by atomic mass is 10.1. The molecule has 8 heteroatoms. The molecule has 1 amide bonds. The Morgan fingerprint density at radius 1 is 1.22 bits per heavy atom. The zero-order valence-electron chi connectivity index (χ0n) is 15.0. The van der Waals surface area contributed by atoms with Crippen LogP contribution in [0.15, 0.2) is 53.4 Å². The lowest BCUT2D eigenvalue weighted by Crippen LogP contribution is -2.32. The maximum Gasteiger partial charge on any atom is 0.256 e. The first-order chi connectivity index (χ1) is 12.7. The van der Waals surface area contributed by atoms with Crippen LogP contribution in [0.25, 0.3) is 0 Å². The number of carbonyl (C=O) groups is 1. The van der Waals surface area contributed by atoms with E-state index in [2.05, 4.69) is 4.72 Å².